The maximum Gasteiger partial charge on any atom is 0.412 e. The van der Waals surface area contributed by atoms with E-state index in [4.69, 9.17) is 4.74 Å². The number of halogens is 1. The summed E-state index contributed by atoms with van der Waals surface area (Å²) in [4.78, 5) is 11.6. The molecule has 5 heteroatoms. The lowest BCUT2D eigenvalue weighted by molar-refractivity contribution is 0.0635. The Hall–Kier alpha value is -1.78. The van der Waals surface area contributed by atoms with Crippen molar-refractivity contribution in [3.8, 4) is 0 Å². The molecule has 0 bridgehead atoms. The maximum atomic E-state index is 13.7. The number of amides is 1. The Morgan fingerprint density at radius 3 is 2.70 bits per heavy atom. The molecule has 1 aliphatic rings. The quantitative estimate of drug-likeness (QED) is 0.876. The van der Waals surface area contributed by atoms with Gasteiger partial charge in [-0.1, -0.05) is 0 Å². The van der Waals surface area contributed by atoms with Gasteiger partial charge in [-0.25, -0.2) is 9.18 Å². The van der Waals surface area contributed by atoms with Crippen molar-refractivity contribution in [3.63, 3.8) is 0 Å². The third-order valence-electron chi connectivity index (χ3n) is 2.89. The summed E-state index contributed by atoms with van der Waals surface area (Å²) in [5, 5.41) is 5.67. The molecule has 1 saturated carbocycles. The molecule has 0 spiro atoms. The zero-order valence-corrected chi connectivity index (χ0v) is 12.1. The molecule has 0 radical (unpaired) electrons. The van der Waals surface area contributed by atoms with Gasteiger partial charge >= 0.3 is 6.09 Å². The third kappa shape index (κ3) is 4.72. The lowest BCUT2D eigenvalue weighted by atomic mass is 10.2. The maximum absolute atomic E-state index is 13.7. The molecule has 4 nitrogen and oxygen atoms in total. The predicted octanol–water partition coefficient (Wildman–Crippen LogP) is 3.99. The van der Waals surface area contributed by atoms with E-state index in [1.165, 1.54) is 18.9 Å². The molecule has 2 rings (SSSR count). The van der Waals surface area contributed by atoms with Crippen molar-refractivity contribution in [1.82, 2.24) is 0 Å². The van der Waals surface area contributed by atoms with Gasteiger partial charge in [0.05, 0.1) is 5.69 Å². The van der Waals surface area contributed by atoms with Crippen LogP contribution in [-0.4, -0.2) is 18.2 Å². The summed E-state index contributed by atoms with van der Waals surface area (Å²) in [6, 6.07) is 4.58. The molecule has 1 aromatic rings. The van der Waals surface area contributed by atoms with E-state index in [0.717, 1.165) is 18.2 Å². The molecule has 0 unspecified atom stereocenters. The summed E-state index contributed by atoms with van der Waals surface area (Å²) in [6.45, 7) is 6.17. The first-order chi connectivity index (χ1) is 9.33. The standard InChI is InChI=1S/C15H21FN2O2/c1-15(2,3)20-14(19)18-13-8-11(6-7-12(13)16)17-9-10-4-5-10/h6-8,10,17H,4-5,9H2,1-3H3,(H,18,19). The van der Waals surface area contributed by atoms with Gasteiger partial charge in [0.2, 0.25) is 0 Å². The second-order valence-electron chi connectivity index (χ2n) is 6.15. The Balaban J connectivity index is 1.98. The van der Waals surface area contributed by atoms with Gasteiger partial charge < -0.3 is 10.1 Å². The summed E-state index contributed by atoms with van der Waals surface area (Å²) in [5.74, 6) is 0.246. The van der Waals surface area contributed by atoms with Gasteiger partial charge in [-0.3, -0.25) is 5.32 Å². The number of anilines is 2. The molecule has 110 valence electrons. The van der Waals surface area contributed by atoms with E-state index >= 15 is 0 Å². The molecule has 1 amide bonds. The van der Waals surface area contributed by atoms with Crippen molar-refractivity contribution in [2.24, 2.45) is 5.92 Å². The van der Waals surface area contributed by atoms with E-state index in [0.29, 0.717) is 0 Å². The number of benzene rings is 1. The van der Waals surface area contributed by atoms with Crippen molar-refractivity contribution in [2.75, 3.05) is 17.2 Å². The smallest absolute Gasteiger partial charge is 0.412 e. The SMILES string of the molecule is CC(C)(C)OC(=O)Nc1cc(NCC2CC2)ccc1F. The Bertz CT molecular complexity index is 493. The lowest BCUT2D eigenvalue weighted by Gasteiger charge is -2.20. The van der Waals surface area contributed by atoms with E-state index < -0.39 is 17.5 Å². The van der Waals surface area contributed by atoms with Crippen molar-refractivity contribution in [2.45, 2.75) is 39.2 Å². The van der Waals surface area contributed by atoms with E-state index in [1.807, 2.05) is 0 Å². The van der Waals surface area contributed by atoms with Crippen LogP contribution in [0.25, 0.3) is 0 Å². The van der Waals surface area contributed by atoms with Crippen LogP contribution >= 0.6 is 0 Å². The molecule has 0 saturated heterocycles. The zero-order chi connectivity index (χ0) is 14.8. The van der Waals surface area contributed by atoms with Crippen LogP contribution in [-0.2, 0) is 4.74 Å². The van der Waals surface area contributed by atoms with Crippen LogP contribution in [0.2, 0.25) is 0 Å². The fraction of sp³-hybridized carbons (Fsp3) is 0.533. The molecule has 1 fully saturated rings. The number of rotatable bonds is 4. The van der Waals surface area contributed by atoms with Gasteiger partial charge in [0, 0.05) is 12.2 Å². The van der Waals surface area contributed by atoms with E-state index in [9.17, 15) is 9.18 Å². The molecule has 2 N–H and O–H groups in total. The number of hydrogen-bond acceptors (Lipinski definition) is 3. The second-order valence-corrected chi connectivity index (χ2v) is 6.15. The fourth-order valence-electron chi connectivity index (χ4n) is 1.73. The van der Waals surface area contributed by atoms with Gasteiger partial charge in [0.15, 0.2) is 0 Å². The monoisotopic (exact) mass is 280 g/mol. The topological polar surface area (TPSA) is 50.4 Å². The molecule has 0 heterocycles. The highest BCUT2D eigenvalue weighted by molar-refractivity contribution is 5.85. The van der Waals surface area contributed by atoms with Gasteiger partial charge in [0.1, 0.15) is 11.4 Å². The zero-order valence-electron chi connectivity index (χ0n) is 12.1. The highest BCUT2D eigenvalue weighted by Gasteiger charge is 2.21. The molecule has 1 aromatic carbocycles. The molecular formula is C15H21FN2O2. The van der Waals surface area contributed by atoms with Crippen LogP contribution in [0.1, 0.15) is 33.6 Å². The molecule has 1 aliphatic carbocycles. The molecule has 0 atom stereocenters. The van der Waals surface area contributed by atoms with Crippen LogP contribution in [0.15, 0.2) is 18.2 Å². The number of carbonyl (C=O) groups is 1. The highest BCUT2D eigenvalue weighted by Crippen LogP contribution is 2.29. The Morgan fingerprint density at radius 2 is 2.10 bits per heavy atom. The number of nitrogens with one attached hydrogen (secondary N) is 2. The van der Waals surface area contributed by atoms with Crippen molar-refractivity contribution in [3.05, 3.63) is 24.0 Å². The van der Waals surface area contributed by atoms with Gasteiger partial charge in [-0.15, -0.1) is 0 Å². The third-order valence-corrected chi connectivity index (χ3v) is 2.89. The number of carbonyl (C=O) groups excluding carboxylic acids is 1. The van der Waals surface area contributed by atoms with Gasteiger partial charge in [0.25, 0.3) is 0 Å². The predicted molar refractivity (Wildman–Crippen MR) is 77.5 cm³/mol. The first kappa shape index (κ1) is 14.6. The summed E-state index contributed by atoms with van der Waals surface area (Å²) in [5.41, 5.74) is 0.312. The average Bonchev–Trinajstić information content (AvgIpc) is 3.11. The summed E-state index contributed by atoms with van der Waals surface area (Å²) < 4.78 is 18.8. The van der Waals surface area contributed by atoms with Crippen molar-refractivity contribution < 1.29 is 13.9 Å². The molecule has 0 aliphatic heterocycles. The van der Waals surface area contributed by atoms with Gasteiger partial charge in [-0.2, -0.15) is 0 Å². The number of ether oxygens (including phenoxy) is 1. The van der Waals surface area contributed by atoms with E-state index in [2.05, 4.69) is 10.6 Å². The van der Waals surface area contributed by atoms with Crippen LogP contribution in [0, 0.1) is 11.7 Å². The normalized spacial score (nSPS) is 14.8. The Kier molecular flexibility index (Phi) is 4.16. The van der Waals surface area contributed by atoms with E-state index in [-0.39, 0.29) is 5.69 Å². The second kappa shape index (κ2) is 5.69. The summed E-state index contributed by atoms with van der Waals surface area (Å²) in [6.07, 6.45) is 1.84. The first-order valence-corrected chi connectivity index (χ1v) is 6.87. The minimum absolute atomic E-state index is 0.125. The Morgan fingerprint density at radius 1 is 1.40 bits per heavy atom. The lowest BCUT2D eigenvalue weighted by Crippen LogP contribution is -2.27. The minimum atomic E-state index is -0.657. The van der Waals surface area contributed by atoms with E-state index in [1.54, 1.807) is 32.9 Å². The summed E-state index contributed by atoms with van der Waals surface area (Å²) in [7, 11) is 0. The average molecular weight is 280 g/mol. The van der Waals surface area contributed by atoms with Crippen molar-refractivity contribution in [1.29, 1.82) is 0 Å². The molecule has 0 aromatic heterocycles. The van der Waals surface area contributed by atoms with Crippen LogP contribution < -0.4 is 10.6 Å². The van der Waals surface area contributed by atoms with Crippen LogP contribution in [0.4, 0.5) is 20.6 Å². The fourth-order valence-corrected chi connectivity index (χ4v) is 1.73. The Labute approximate surface area is 118 Å². The molecular weight excluding hydrogens is 259 g/mol. The van der Waals surface area contributed by atoms with Gasteiger partial charge in [-0.05, 0) is 57.7 Å². The summed E-state index contributed by atoms with van der Waals surface area (Å²) >= 11 is 0. The highest BCUT2D eigenvalue weighted by atomic mass is 19.1. The largest absolute Gasteiger partial charge is 0.444 e. The van der Waals surface area contributed by atoms with Crippen LogP contribution in [0.5, 0.6) is 0 Å². The molecule has 20 heavy (non-hydrogen) atoms. The first-order valence-electron chi connectivity index (χ1n) is 6.87. The minimum Gasteiger partial charge on any atom is -0.444 e. The number of hydrogen-bond donors (Lipinski definition) is 2. The van der Waals surface area contributed by atoms with Crippen LogP contribution in [0.3, 0.4) is 0 Å². The van der Waals surface area contributed by atoms with Crippen molar-refractivity contribution >= 4 is 17.5 Å².